The zero-order valence-corrected chi connectivity index (χ0v) is 30.2. The second kappa shape index (κ2) is 14.1. The number of hydrogen-bond acceptors (Lipinski definition) is 4. The van der Waals surface area contributed by atoms with Crippen molar-refractivity contribution in [1.82, 2.24) is 15.0 Å². The lowest BCUT2D eigenvalue weighted by Gasteiger charge is -2.10. The maximum atomic E-state index is 8.75. The van der Waals surface area contributed by atoms with Gasteiger partial charge in [0.2, 0.25) is 0 Å². The first-order valence-corrected chi connectivity index (χ1v) is 18.8. The van der Waals surface area contributed by atoms with Crippen LogP contribution in [0.1, 0.15) is 6.85 Å². The number of rotatable bonds is 7. The first kappa shape index (κ1) is 27.6. The molecule has 2 heterocycles. The van der Waals surface area contributed by atoms with Crippen molar-refractivity contribution in [2.75, 3.05) is 0 Å². The molecule has 0 aliphatic heterocycles. The van der Waals surface area contributed by atoms with E-state index in [1.54, 1.807) is 11.3 Å². The lowest BCUT2D eigenvalue weighted by molar-refractivity contribution is 1.07. The number of hydrogen-bond donors (Lipinski definition) is 0. The molecule has 0 fully saturated rings. The molecule has 55 heavy (non-hydrogen) atoms. The summed E-state index contributed by atoms with van der Waals surface area (Å²) in [4.78, 5) is 14.5. The first-order valence-electron chi connectivity index (χ1n) is 20.5. The van der Waals surface area contributed by atoms with E-state index in [4.69, 9.17) is 21.8 Å². The zero-order valence-electron chi connectivity index (χ0n) is 34.4. The topological polar surface area (TPSA) is 38.7 Å². The lowest BCUT2D eigenvalue weighted by Crippen LogP contribution is -2.00. The van der Waals surface area contributed by atoms with Crippen molar-refractivity contribution in [2.24, 2.45) is 0 Å². The predicted octanol–water partition coefficient (Wildman–Crippen LogP) is 13.9. The Labute approximate surface area is 331 Å². The van der Waals surface area contributed by atoms with E-state index in [-0.39, 0.29) is 23.5 Å². The highest BCUT2D eigenvalue weighted by molar-refractivity contribution is 7.26. The molecule has 0 aliphatic rings. The van der Waals surface area contributed by atoms with E-state index in [9.17, 15) is 0 Å². The number of thiophene rings is 1. The van der Waals surface area contributed by atoms with Gasteiger partial charge in [-0.1, -0.05) is 188 Å². The third-order valence-corrected chi connectivity index (χ3v) is 11.1. The molecule has 0 saturated carbocycles. The Morgan fingerprint density at radius 2 is 0.818 bits per heavy atom. The Kier molecular flexibility index (Phi) is 7.06. The van der Waals surface area contributed by atoms with Gasteiger partial charge >= 0.3 is 0 Å². The van der Waals surface area contributed by atoms with Crippen molar-refractivity contribution < 1.29 is 6.85 Å². The summed E-state index contributed by atoms with van der Waals surface area (Å²) in [7, 11) is 0. The SMILES string of the molecule is [2H]c1c([2H])c([2H])c(-c2nc(-c3cccc(-c4ccccc4)c3)nc(-c3ccc4c(c3)sc3c(-c5ccc(-c6ccc(-c7ccccc7)cc6)cc5)cccc34)n2)c([2H])c1[2H]. The zero-order chi connectivity index (χ0) is 40.9. The molecule has 10 rings (SSSR count). The quantitative estimate of drug-likeness (QED) is 0.164. The Bertz CT molecular complexity index is 3210. The maximum Gasteiger partial charge on any atom is 0.164 e. The van der Waals surface area contributed by atoms with E-state index in [1.165, 1.54) is 15.8 Å². The molecule has 0 unspecified atom stereocenters. The van der Waals surface area contributed by atoms with Gasteiger partial charge in [0, 0.05) is 36.9 Å². The minimum atomic E-state index is -0.474. The van der Waals surface area contributed by atoms with Crippen LogP contribution < -0.4 is 0 Å². The smallest absolute Gasteiger partial charge is 0.164 e. The normalized spacial score (nSPS) is 12.5. The van der Waals surface area contributed by atoms with Crippen molar-refractivity contribution in [3.8, 4) is 78.7 Å². The van der Waals surface area contributed by atoms with Crippen LogP contribution >= 0.6 is 11.3 Å². The summed E-state index contributed by atoms with van der Waals surface area (Å²) < 4.78 is 44.6. The van der Waals surface area contributed by atoms with Gasteiger partial charge in [-0.05, 0) is 56.6 Å². The molecule has 0 aliphatic carbocycles. The maximum absolute atomic E-state index is 8.75. The van der Waals surface area contributed by atoms with Gasteiger partial charge in [0.1, 0.15) is 0 Å². The van der Waals surface area contributed by atoms with Gasteiger partial charge in [0.15, 0.2) is 17.5 Å². The van der Waals surface area contributed by atoms with Gasteiger partial charge in [0.05, 0.1) is 6.85 Å². The minimum Gasteiger partial charge on any atom is -0.208 e. The third kappa shape index (κ3) is 6.39. The van der Waals surface area contributed by atoms with Crippen molar-refractivity contribution in [1.29, 1.82) is 0 Å². The molecule has 258 valence electrons. The van der Waals surface area contributed by atoms with Crippen LogP contribution in [0.3, 0.4) is 0 Å². The van der Waals surface area contributed by atoms with Crippen LogP contribution in [0, 0.1) is 0 Å². The summed E-state index contributed by atoms with van der Waals surface area (Å²) in [5.41, 5.74) is 10.3. The molecule has 0 bridgehead atoms. The number of nitrogens with zero attached hydrogens (tertiary/aromatic N) is 3. The first-order chi connectivity index (χ1) is 29.3. The molecule has 0 radical (unpaired) electrons. The lowest BCUT2D eigenvalue weighted by atomic mass is 9.97. The fourth-order valence-electron chi connectivity index (χ4n) is 7.07. The van der Waals surface area contributed by atoms with Crippen LogP contribution in [0.2, 0.25) is 0 Å². The molecule has 4 heteroatoms. The highest BCUT2D eigenvalue weighted by Crippen LogP contribution is 2.42. The van der Waals surface area contributed by atoms with Gasteiger partial charge in [-0.15, -0.1) is 11.3 Å². The number of aromatic nitrogens is 3. The molecule has 0 spiro atoms. The highest BCUT2D eigenvalue weighted by Gasteiger charge is 2.16. The van der Waals surface area contributed by atoms with E-state index in [0.717, 1.165) is 54.4 Å². The summed E-state index contributed by atoms with van der Waals surface area (Å²) in [6, 6.07) is 56.1. The fourth-order valence-corrected chi connectivity index (χ4v) is 8.35. The Morgan fingerprint density at radius 3 is 1.45 bits per heavy atom. The second-order valence-corrected chi connectivity index (χ2v) is 14.3. The fraction of sp³-hybridized carbons (Fsp3) is 0. The molecule has 2 aromatic heterocycles. The van der Waals surface area contributed by atoms with E-state index >= 15 is 0 Å². The van der Waals surface area contributed by atoms with Crippen molar-refractivity contribution >= 4 is 31.5 Å². The molecule has 0 saturated heterocycles. The van der Waals surface area contributed by atoms with Gasteiger partial charge in [0.25, 0.3) is 0 Å². The largest absolute Gasteiger partial charge is 0.208 e. The molecule has 0 amide bonds. The summed E-state index contributed by atoms with van der Waals surface area (Å²) in [5.74, 6) is 0.666. The Balaban J connectivity index is 1.05. The Hall–Kier alpha value is -7.01. The average Bonchev–Trinajstić information content (AvgIpc) is 3.69. The molecule has 3 nitrogen and oxygen atoms in total. The van der Waals surface area contributed by atoms with Crippen molar-refractivity contribution in [3.63, 3.8) is 0 Å². The van der Waals surface area contributed by atoms with Crippen LogP contribution in [0.25, 0.3) is 98.8 Å². The van der Waals surface area contributed by atoms with Gasteiger partial charge in [-0.2, -0.15) is 0 Å². The van der Waals surface area contributed by atoms with Gasteiger partial charge in [-0.3, -0.25) is 0 Å². The average molecular weight is 725 g/mol. The van der Waals surface area contributed by atoms with E-state index in [0.29, 0.717) is 17.2 Å². The molecule has 10 aromatic rings. The van der Waals surface area contributed by atoms with Crippen LogP contribution in [-0.2, 0) is 0 Å². The highest BCUT2D eigenvalue weighted by atomic mass is 32.1. The van der Waals surface area contributed by atoms with Crippen LogP contribution in [0.4, 0.5) is 0 Å². The van der Waals surface area contributed by atoms with E-state index in [1.807, 2.05) is 66.7 Å². The third-order valence-electron chi connectivity index (χ3n) is 9.87. The summed E-state index contributed by atoms with van der Waals surface area (Å²) in [5, 5.41) is 2.25. The predicted molar refractivity (Wildman–Crippen MR) is 231 cm³/mol. The molecule has 0 atom stereocenters. The van der Waals surface area contributed by atoms with E-state index in [2.05, 4.69) is 103 Å². The molecule has 8 aromatic carbocycles. The van der Waals surface area contributed by atoms with Crippen LogP contribution in [-0.4, -0.2) is 15.0 Å². The summed E-state index contributed by atoms with van der Waals surface area (Å²) in [6.07, 6.45) is 0. The van der Waals surface area contributed by atoms with Crippen LogP contribution in [0.5, 0.6) is 0 Å². The number of benzene rings is 8. The minimum absolute atomic E-state index is 0.00595. The van der Waals surface area contributed by atoms with Crippen LogP contribution in [0.15, 0.2) is 200 Å². The monoisotopic (exact) mass is 724 g/mol. The van der Waals surface area contributed by atoms with Crippen molar-refractivity contribution in [2.45, 2.75) is 0 Å². The standard InChI is InChI=1S/C51H33N3S/c1-4-12-34(13-5-1)36-22-24-37(25-23-36)38-26-28-39(29-27-38)44-20-11-21-46-45-31-30-43(33-47(45)55-48(44)46)51-53-49(40-16-8-3-9-17-40)52-50(54-51)42-19-10-18-41(32-42)35-14-6-2-7-15-35/h1-33H/i3D,8D,9D,16D,17D. The molecular weight excluding hydrogens is 687 g/mol. The van der Waals surface area contributed by atoms with Gasteiger partial charge in [-0.25, -0.2) is 15.0 Å². The number of fused-ring (bicyclic) bond motifs is 3. The molecule has 0 N–H and O–H groups in total. The summed E-state index contributed by atoms with van der Waals surface area (Å²) in [6.45, 7) is 0. The van der Waals surface area contributed by atoms with Gasteiger partial charge < -0.3 is 0 Å². The Morgan fingerprint density at radius 1 is 0.345 bits per heavy atom. The summed E-state index contributed by atoms with van der Waals surface area (Å²) >= 11 is 1.70. The molecular formula is C51H33N3S. The second-order valence-electron chi connectivity index (χ2n) is 13.3. The van der Waals surface area contributed by atoms with Crippen molar-refractivity contribution in [3.05, 3.63) is 200 Å². The van der Waals surface area contributed by atoms with E-state index < -0.39 is 18.1 Å².